The molecule has 0 atom stereocenters. The van der Waals surface area contributed by atoms with Gasteiger partial charge in [0.2, 0.25) is 11.2 Å². The average molecular weight is 398 g/mol. The second-order valence-corrected chi connectivity index (χ2v) is 7.33. The van der Waals surface area contributed by atoms with Crippen LogP contribution in [0.5, 0.6) is 5.75 Å². The van der Waals surface area contributed by atoms with Crippen LogP contribution in [0.15, 0.2) is 56.6 Å². The van der Waals surface area contributed by atoms with Gasteiger partial charge < -0.3 is 19.6 Å². The van der Waals surface area contributed by atoms with E-state index < -0.39 is 11.2 Å². The highest BCUT2D eigenvalue weighted by molar-refractivity contribution is 6.15. The number of rotatable bonds is 1. The smallest absolute Gasteiger partial charge is 0.256 e. The van der Waals surface area contributed by atoms with Crippen molar-refractivity contribution in [2.24, 2.45) is 0 Å². The Morgan fingerprint density at radius 2 is 1.90 bits per heavy atom. The van der Waals surface area contributed by atoms with Crippen molar-refractivity contribution in [3.8, 4) is 16.9 Å². The molecule has 0 aliphatic carbocycles. The van der Waals surface area contributed by atoms with E-state index in [1.54, 1.807) is 18.3 Å². The standard InChI is InChI=1S/C22H14N4O4/c1-9-2-3-10-7-12(22(29)24-14(10)6-9)16-13-8-23-26-21(13)25-17-11-4-5-15(27)18(28)19(11)30-20(16)17/h2-8,28H,1H3,(H,24,29)(H2,23,25,26). The molecule has 0 unspecified atom stereocenters. The van der Waals surface area contributed by atoms with Crippen molar-refractivity contribution in [3.63, 3.8) is 0 Å². The molecule has 8 heteroatoms. The van der Waals surface area contributed by atoms with Crippen LogP contribution in [0.1, 0.15) is 5.56 Å². The van der Waals surface area contributed by atoms with Gasteiger partial charge in [-0.3, -0.25) is 14.7 Å². The van der Waals surface area contributed by atoms with Crippen LogP contribution in [0.2, 0.25) is 0 Å². The summed E-state index contributed by atoms with van der Waals surface area (Å²) in [6.45, 7) is 1.96. The van der Waals surface area contributed by atoms with E-state index >= 15 is 0 Å². The summed E-state index contributed by atoms with van der Waals surface area (Å²) < 4.78 is 5.92. The molecule has 0 saturated heterocycles. The molecule has 4 N–H and O–H groups in total. The van der Waals surface area contributed by atoms with Crippen LogP contribution in [-0.4, -0.2) is 25.3 Å². The fraction of sp³-hybridized carbons (Fsp3) is 0.0455. The summed E-state index contributed by atoms with van der Waals surface area (Å²) in [6.07, 6.45) is 1.70. The maximum Gasteiger partial charge on any atom is 0.256 e. The van der Waals surface area contributed by atoms with Crippen molar-refractivity contribution in [1.29, 1.82) is 0 Å². The predicted molar refractivity (Wildman–Crippen MR) is 114 cm³/mol. The third-order valence-corrected chi connectivity index (χ3v) is 5.42. The monoisotopic (exact) mass is 398 g/mol. The lowest BCUT2D eigenvalue weighted by Gasteiger charge is -2.06. The Labute approximate surface area is 166 Å². The van der Waals surface area contributed by atoms with Crippen LogP contribution in [0, 0.1) is 6.92 Å². The molecule has 0 fully saturated rings. The number of aryl methyl sites for hydroxylation is 1. The van der Waals surface area contributed by atoms with Crippen molar-refractivity contribution in [2.75, 3.05) is 0 Å². The first-order valence-corrected chi connectivity index (χ1v) is 9.29. The summed E-state index contributed by atoms with van der Waals surface area (Å²) in [6, 6.07) is 10.5. The Bertz CT molecular complexity index is 1770. The summed E-state index contributed by atoms with van der Waals surface area (Å²) in [5, 5.41) is 18.1. The molecule has 2 aromatic carbocycles. The molecule has 146 valence electrons. The van der Waals surface area contributed by atoms with E-state index in [4.69, 9.17) is 4.42 Å². The summed E-state index contributed by atoms with van der Waals surface area (Å²) >= 11 is 0. The van der Waals surface area contributed by atoms with E-state index in [1.165, 1.54) is 6.07 Å². The third kappa shape index (κ3) is 2.12. The quantitative estimate of drug-likeness (QED) is 0.336. The number of aromatic amines is 3. The summed E-state index contributed by atoms with van der Waals surface area (Å²) in [5.74, 6) is -0.477. The molecule has 0 aliphatic heterocycles. The van der Waals surface area contributed by atoms with Crippen molar-refractivity contribution in [3.05, 3.63) is 68.7 Å². The van der Waals surface area contributed by atoms with E-state index in [0.29, 0.717) is 38.6 Å². The molecule has 6 aromatic rings. The van der Waals surface area contributed by atoms with E-state index in [2.05, 4.69) is 20.2 Å². The summed E-state index contributed by atoms with van der Waals surface area (Å²) in [7, 11) is 0. The number of pyridine rings is 2. The molecular formula is C22H14N4O4. The molecule has 0 spiro atoms. The van der Waals surface area contributed by atoms with Gasteiger partial charge in [-0.1, -0.05) is 12.1 Å². The SMILES string of the molecule is Cc1ccc2cc(-c3c4c[nH][nH]c4nc4c3oc3c(O)c(=O)ccc34)c(=O)[nH]c2c1. The predicted octanol–water partition coefficient (Wildman–Crippen LogP) is 3.67. The topological polar surface area (TPSA) is 128 Å². The van der Waals surface area contributed by atoms with Crippen LogP contribution < -0.4 is 11.0 Å². The minimum absolute atomic E-state index is 0.0516. The van der Waals surface area contributed by atoms with Gasteiger partial charge in [0.1, 0.15) is 5.52 Å². The van der Waals surface area contributed by atoms with Crippen LogP contribution in [0.3, 0.4) is 0 Å². The molecule has 4 aromatic heterocycles. The van der Waals surface area contributed by atoms with Crippen molar-refractivity contribution < 1.29 is 9.52 Å². The fourth-order valence-electron chi connectivity index (χ4n) is 3.99. The van der Waals surface area contributed by atoms with Gasteiger partial charge in [-0.05, 0) is 42.1 Å². The molecule has 0 amide bonds. The second-order valence-electron chi connectivity index (χ2n) is 7.33. The highest BCUT2D eigenvalue weighted by atomic mass is 16.4. The first kappa shape index (κ1) is 16.6. The van der Waals surface area contributed by atoms with Gasteiger partial charge in [0.15, 0.2) is 16.8 Å². The van der Waals surface area contributed by atoms with Gasteiger partial charge in [0.05, 0.1) is 10.9 Å². The molecule has 4 heterocycles. The van der Waals surface area contributed by atoms with Gasteiger partial charge in [0, 0.05) is 22.7 Å². The number of hydrogen-bond donors (Lipinski definition) is 4. The zero-order valence-electron chi connectivity index (χ0n) is 15.7. The minimum atomic E-state index is -0.541. The van der Waals surface area contributed by atoms with Crippen molar-refractivity contribution >= 4 is 44.0 Å². The molecule has 8 nitrogen and oxygen atoms in total. The van der Waals surface area contributed by atoms with E-state index in [1.807, 2.05) is 25.1 Å². The number of H-pyrrole nitrogens is 3. The van der Waals surface area contributed by atoms with Gasteiger partial charge in [-0.15, -0.1) is 0 Å². The van der Waals surface area contributed by atoms with Gasteiger partial charge in [0.25, 0.3) is 5.56 Å². The molecule has 6 rings (SSSR count). The summed E-state index contributed by atoms with van der Waals surface area (Å²) in [4.78, 5) is 32.4. The number of aromatic nitrogens is 4. The zero-order chi connectivity index (χ0) is 20.6. The maximum atomic E-state index is 13.1. The molecular weight excluding hydrogens is 384 g/mol. The number of furan rings is 1. The Hall–Kier alpha value is -4.33. The average Bonchev–Trinajstić information content (AvgIpc) is 3.33. The summed E-state index contributed by atoms with van der Waals surface area (Å²) in [5.41, 5.74) is 3.23. The first-order valence-electron chi connectivity index (χ1n) is 9.29. The number of phenolic OH excluding ortho intramolecular Hbond substituents is 1. The highest BCUT2D eigenvalue weighted by Crippen LogP contribution is 2.39. The fourth-order valence-corrected chi connectivity index (χ4v) is 3.99. The number of nitrogens with zero attached hydrogens (tertiary/aromatic N) is 1. The Morgan fingerprint density at radius 1 is 1.03 bits per heavy atom. The van der Waals surface area contributed by atoms with Gasteiger partial charge >= 0.3 is 0 Å². The number of aromatic hydroxyl groups is 1. The second kappa shape index (κ2) is 5.60. The Balaban J connectivity index is 1.82. The molecule has 0 radical (unpaired) electrons. The molecule has 0 saturated carbocycles. The lowest BCUT2D eigenvalue weighted by Crippen LogP contribution is -2.09. The van der Waals surface area contributed by atoms with Gasteiger partial charge in [-0.2, -0.15) is 0 Å². The van der Waals surface area contributed by atoms with E-state index in [-0.39, 0.29) is 11.1 Å². The Kier molecular flexibility index (Phi) is 3.10. The minimum Gasteiger partial charge on any atom is -0.502 e. The van der Waals surface area contributed by atoms with Crippen molar-refractivity contribution in [2.45, 2.75) is 6.92 Å². The molecule has 30 heavy (non-hydrogen) atoms. The third-order valence-electron chi connectivity index (χ3n) is 5.42. The first-order chi connectivity index (χ1) is 14.5. The van der Waals surface area contributed by atoms with Crippen LogP contribution in [0.4, 0.5) is 0 Å². The largest absolute Gasteiger partial charge is 0.502 e. The highest BCUT2D eigenvalue weighted by Gasteiger charge is 2.22. The van der Waals surface area contributed by atoms with Crippen molar-refractivity contribution in [1.82, 2.24) is 20.2 Å². The number of fused-ring (bicyclic) bond motifs is 5. The number of hydrogen-bond acceptors (Lipinski definition) is 5. The molecule has 0 bridgehead atoms. The van der Waals surface area contributed by atoms with Gasteiger partial charge in [-0.25, -0.2) is 4.98 Å². The normalized spacial score (nSPS) is 11.9. The number of phenols is 1. The number of nitrogens with one attached hydrogen (secondary N) is 3. The van der Waals surface area contributed by atoms with E-state index in [0.717, 1.165) is 16.5 Å². The lowest BCUT2D eigenvalue weighted by atomic mass is 10.0. The number of benzene rings is 2. The molecule has 0 aliphatic rings. The van der Waals surface area contributed by atoms with Crippen LogP contribution in [0.25, 0.3) is 55.1 Å². The van der Waals surface area contributed by atoms with Crippen LogP contribution >= 0.6 is 0 Å². The lowest BCUT2D eigenvalue weighted by molar-refractivity contribution is 0.464. The zero-order valence-corrected chi connectivity index (χ0v) is 15.7. The van der Waals surface area contributed by atoms with E-state index in [9.17, 15) is 14.7 Å². The van der Waals surface area contributed by atoms with Crippen LogP contribution in [-0.2, 0) is 0 Å². The Morgan fingerprint density at radius 3 is 2.77 bits per heavy atom. The maximum absolute atomic E-state index is 13.1.